The normalized spacial score (nSPS) is 21.2. The van der Waals surface area contributed by atoms with E-state index in [-0.39, 0.29) is 4.90 Å². The number of hydrogen-bond acceptors (Lipinski definition) is 3. The Bertz CT molecular complexity index is 954. The summed E-state index contributed by atoms with van der Waals surface area (Å²) in [5, 5.41) is 13.7. The van der Waals surface area contributed by atoms with Gasteiger partial charge in [-0.3, -0.25) is 0 Å². The molecule has 5 nitrogen and oxygen atoms in total. The number of nitrogens with zero attached hydrogens (tertiary/aromatic N) is 1. The van der Waals surface area contributed by atoms with Crippen LogP contribution in [0.5, 0.6) is 0 Å². The fraction of sp³-hybridized carbons (Fsp3) is 0.381. The summed E-state index contributed by atoms with van der Waals surface area (Å²) in [6.45, 7) is 3.67. The van der Waals surface area contributed by atoms with Crippen molar-refractivity contribution in [2.24, 2.45) is 0 Å². The first-order valence-electron chi connectivity index (χ1n) is 9.43. The molecule has 3 rings (SSSR count). The van der Waals surface area contributed by atoms with Gasteiger partial charge in [0.25, 0.3) is 0 Å². The molecule has 28 heavy (non-hydrogen) atoms. The molecule has 0 unspecified atom stereocenters. The Morgan fingerprint density at radius 2 is 1.68 bits per heavy atom. The van der Waals surface area contributed by atoms with Crippen LogP contribution in [0.4, 0.5) is 0 Å². The molecular formula is C21H25ClN2O3S. The van der Waals surface area contributed by atoms with E-state index >= 15 is 0 Å². The van der Waals surface area contributed by atoms with Crippen molar-refractivity contribution in [2.75, 3.05) is 0 Å². The molecule has 2 aromatic rings. The lowest BCUT2D eigenvalue weighted by molar-refractivity contribution is -0.509. The van der Waals surface area contributed by atoms with Gasteiger partial charge in [0.2, 0.25) is 10.0 Å². The molecule has 0 aliphatic heterocycles. The second kappa shape index (κ2) is 8.64. The molecule has 0 bridgehead atoms. The Kier molecular flexibility index (Phi) is 6.43. The minimum absolute atomic E-state index is 0.221. The molecule has 150 valence electrons. The monoisotopic (exact) mass is 420 g/mol. The van der Waals surface area contributed by atoms with Crippen LogP contribution in [0.2, 0.25) is 5.02 Å². The van der Waals surface area contributed by atoms with Gasteiger partial charge >= 0.3 is 0 Å². The highest BCUT2D eigenvalue weighted by Gasteiger charge is 2.35. The highest BCUT2D eigenvalue weighted by Crippen LogP contribution is 2.24. The van der Waals surface area contributed by atoms with Crippen molar-refractivity contribution >= 4 is 27.3 Å². The molecule has 0 aromatic heterocycles. The van der Waals surface area contributed by atoms with Gasteiger partial charge in [0.1, 0.15) is 0 Å². The van der Waals surface area contributed by atoms with Crippen LogP contribution < -0.4 is 4.72 Å². The molecule has 1 saturated carbocycles. The number of benzene rings is 2. The van der Waals surface area contributed by atoms with E-state index in [1.165, 1.54) is 0 Å². The van der Waals surface area contributed by atoms with Crippen molar-refractivity contribution in [3.05, 3.63) is 69.9 Å². The van der Waals surface area contributed by atoms with Crippen LogP contribution in [0, 0.1) is 12.1 Å². The topological polar surface area (TPSA) is 72.2 Å². The van der Waals surface area contributed by atoms with Gasteiger partial charge < -0.3 is 5.21 Å². The van der Waals surface area contributed by atoms with Crippen molar-refractivity contribution in [3.8, 4) is 0 Å². The van der Waals surface area contributed by atoms with Crippen molar-refractivity contribution in [1.29, 1.82) is 0 Å². The summed E-state index contributed by atoms with van der Waals surface area (Å²) in [6, 6.07) is 12.9. The molecule has 0 saturated heterocycles. The van der Waals surface area contributed by atoms with Crippen molar-refractivity contribution in [1.82, 2.24) is 4.72 Å². The summed E-state index contributed by atoms with van der Waals surface area (Å²) in [5.74, 6) is 0. The van der Waals surface area contributed by atoms with Gasteiger partial charge in [0.05, 0.1) is 10.9 Å². The molecule has 0 amide bonds. The highest BCUT2D eigenvalue weighted by atomic mass is 35.5. The van der Waals surface area contributed by atoms with Crippen LogP contribution in [-0.4, -0.2) is 31.0 Å². The quantitative estimate of drug-likeness (QED) is 0.340. The van der Waals surface area contributed by atoms with E-state index in [0.29, 0.717) is 23.6 Å². The van der Waals surface area contributed by atoms with E-state index < -0.39 is 22.1 Å². The molecule has 1 aliphatic rings. The molecule has 2 aromatic carbocycles. The fourth-order valence-electron chi connectivity index (χ4n) is 3.58. The SMILES string of the molecule is C/C(c1ccc(Cl)cc1)=[N+](/[O-])[C@@H]1CCCC[C@H]1NS(=O)(=O)c1ccc(C)cc1. The molecule has 1 N–H and O–H groups in total. The zero-order valence-electron chi connectivity index (χ0n) is 16.1. The van der Waals surface area contributed by atoms with Crippen LogP contribution in [-0.2, 0) is 10.0 Å². The summed E-state index contributed by atoms with van der Waals surface area (Å²) in [6.07, 6.45) is 3.09. The lowest BCUT2D eigenvalue weighted by Gasteiger charge is -2.31. The molecule has 2 atom stereocenters. The van der Waals surface area contributed by atoms with Crippen molar-refractivity contribution in [2.45, 2.75) is 56.5 Å². The Labute approximate surface area is 171 Å². The van der Waals surface area contributed by atoms with Gasteiger partial charge in [0, 0.05) is 23.9 Å². The van der Waals surface area contributed by atoms with Gasteiger partial charge in [-0.05, 0) is 56.2 Å². The Morgan fingerprint density at radius 1 is 1.07 bits per heavy atom. The van der Waals surface area contributed by atoms with E-state index in [1.807, 2.05) is 6.92 Å². The standard InChI is InChI=1S/C21H25ClN2O3S/c1-15-7-13-19(14-8-15)28(26,27)23-20-5-3-4-6-21(20)24(25)16(2)17-9-11-18(22)12-10-17/h7-14,20-21,23H,3-6H2,1-2H3/b24-16-/t20-,21-/m1/s1. The number of rotatable bonds is 5. The molecule has 1 fully saturated rings. The molecule has 0 heterocycles. The predicted octanol–water partition coefficient (Wildman–Crippen LogP) is 4.26. The second-order valence-electron chi connectivity index (χ2n) is 7.31. The van der Waals surface area contributed by atoms with Crippen LogP contribution in [0.15, 0.2) is 53.4 Å². The Hall–Kier alpha value is -1.89. The molecule has 0 spiro atoms. The van der Waals surface area contributed by atoms with E-state index in [4.69, 9.17) is 11.6 Å². The first-order valence-corrected chi connectivity index (χ1v) is 11.3. The molecule has 1 aliphatic carbocycles. The van der Waals surface area contributed by atoms with E-state index in [0.717, 1.165) is 28.7 Å². The number of aryl methyl sites for hydroxylation is 1. The first kappa shape index (κ1) is 20.8. The maximum atomic E-state index is 13.1. The van der Waals surface area contributed by atoms with E-state index in [1.54, 1.807) is 55.5 Å². The minimum atomic E-state index is -3.68. The van der Waals surface area contributed by atoms with Crippen LogP contribution in [0.3, 0.4) is 0 Å². The fourth-order valence-corrected chi connectivity index (χ4v) is 5.01. The molecule has 7 heteroatoms. The Balaban J connectivity index is 1.86. The third kappa shape index (κ3) is 4.74. The van der Waals surface area contributed by atoms with Gasteiger partial charge in [-0.25, -0.2) is 17.9 Å². The van der Waals surface area contributed by atoms with Gasteiger partial charge in [-0.1, -0.05) is 35.7 Å². The predicted molar refractivity (Wildman–Crippen MR) is 112 cm³/mol. The van der Waals surface area contributed by atoms with Gasteiger partial charge in [-0.15, -0.1) is 0 Å². The summed E-state index contributed by atoms with van der Waals surface area (Å²) < 4.78 is 29.3. The van der Waals surface area contributed by atoms with Crippen molar-refractivity contribution in [3.63, 3.8) is 0 Å². The average Bonchev–Trinajstić information content (AvgIpc) is 2.68. The number of hydroxylamine groups is 1. The van der Waals surface area contributed by atoms with Gasteiger partial charge in [0.15, 0.2) is 11.8 Å². The number of hydrogen-bond donors (Lipinski definition) is 1. The maximum Gasteiger partial charge on any atom is 0.241 e. The third-order valence-electron chi connectivity index (χ3n) is 5.26. The zero-order valence-corrected chi connectivity index (χ0v) is 17.6. The van der Waals surface area contributed by atoms with E-state index in [9.17, 15) is 13.6 Å². The minimum Gasteiger partial charge on any atom is -0.623 e. The summed E-state index contributed by atoms with van der Waals surface area (Å²) in [5.41, 5.74) is 2.33. The summed E-state index contributed by atoms with van der Waals surface area (Å²) in [4.78, 5) is 0.221. The molecule has 0 radical (unpaired) electrons. The zero-order chi connectivity index (χ0) is 20.3. The number of sulfonamides is 1. The number of nitrogens with one attached hydrogen (secondary N) is 1. The van der Waals surface area contributed by atoms with Crippen molar-refractivity contribution < 1.29 is 13.2 Å². The van der Waals surface area contributed by atoms with Gasteiger partial charge in [-0.2, -0.15) is 0 Å². The highest BCUT2D eigenvalue weighted by molar-refractivity contribution is 7.89. The lowest BCUT2D eigenvalue weighted by atomic mass is 9.91. The third-order valence-corrected chi connectivity index (χ3v) is 7.02. The second-order valence-corrected chi connectivity index (χ2v) is 9.46. The molecular weight excluding hydrogens is 396 g/mol. The maximum absolute atomic E-state index is 13.1. The van der Waals surface area contributed by atoms with E-state index in [2.05, 4.69) is 4.72 Å². The summed E-state index contributed by atoms with van der Waals surface area (Å²) in [7, 11) is -3.68. The number of halogens is 1. The first-order chi connectivity index (χ1) is 13.3. The largest absolute Gasteiger partial charge is 0.623 e. The smallest absolute Gasteiger partial charge is 0.241 e. The Morgan fingerprint density at radius 3 is 2.32 bits per heavy atom. The van der Waals surface area contributed by atoms with Crippen LogP contribution in [0.1, 0.15) is 43.7 Å². The lowest BCUT2D eigenvalue weighted by Crippen LogP contribution is -2.49. The average molecular weight is 421 g/mol. The van der Waals surface area contributed by atoms with Crippen LogP contribution >= 0.6 is 11.6 Å². The van der Waals surface area contributed by atoms with Crippen LogP contribution in [0.25, 0.3) is 0 Å². The summed E-state index contributed by atoms with van der Waals surface area (Å²) >= 11 is 5.93.